The Kier molecular flexibility index (Phi) is 4.62. The van der Waals surface area contributed by atoms with Crippen molar-refractivity contribution < 1.29 is 17.6 Å². The molecule has 4 aromatic rings. The molecule has 0 unspecified atom stereocenters. The molecule has 0 aliphatic carbocycles. The Labute approximate surface area is 176 Å². The molecule has 158 valence electrons. The minimum absolute atomic E-state index is 0.0119. The highest BCUT2D eigenvalue weighted by atomic mass is 32.2. The number of hydrogen-bond acceptors (Lipinski definition) is 8. The van der Waals surface area contributed by atoms with Crippen molar-refractivity contribution in [3.63, 3.8) is 0 Å². The van der Waals surface area contributed by atoms with Crippen LogP contribution in [0.15, 0.2) is 59.5 Å². The summed E-state index contributed by atoms with van der Waals surface area (Å²) in [6, 6.07) is 11.7. The van der Waals surface area contributed by atoms with E-state index in [-0.39, 0.29) is 23.2 Å². The van der Waals surface area contributed by atoms with Gasteiger partial charge in [0, 0.05) is 11.8 Å². The van der Waals surface area contributed by atoms with Crippen LogP contribution in [-0.4, -0.2) is 55.8 Å². The normalized spacial score (nSPS) is 17.6. The average molecular weight is 439 g/mol. The number of furan rings is 1. The second kappa shape index (κ2) is 7.47. The zero-order valence-corrected chi connectivity index (χ0v) is 16.9. The minimum Gasteiger partial charge on any atom is -0.463 e. The number of benzene rings is 1. The summed E-state index contributed by atoms with van der Waals surface area (Å²) in [5, 5.41) is 18.2. The number of aromatic nitrogens is 6. The Bertz CT molecular complexity index is 1310. The number of carbonyl (C=O) groups excluding carboxylic acids is 1. The lowest BCUT2D eigenvalue weighted by Crippen LogP contribution is -2.16. The van der Waals surface area contributed by atoms with Crippen LogP contribution in [0.5, 0.6) is 0 Å². The van der Waals surface area contributed by atoms with Crippen LogP contribution in [0.25, 0.3) is 17.1 Å². The molecule has 1 aliphatic rings. The lowest BCUT2D eigenvalue weighted by molar-refractivity contribution is 0.102. The number of anilines is 1. The van der Waals surface area contributed by atoms with Crippen molar-refractivity contribution >= 4 is 21.4 Å². The van der Waals surface area contributed by atoms with E-state index in [4.69, 9.17) is 4.42 Å². The van der Waals surface area contributed by atoms with Crippen LogP contribution < -0.4 is 5.32 Å². The maximum atomic E-state index is 12.8. The van der Waals surface area contributed by atoms with Crippen LogP contribution in [-0.2, 0) is 9.84 Å². The second-order valence-electron chi connectivity index (χ2n) is 7.15. The van der Waals surface area contributed by atoms with Gasteiger partial charge in [-0.05, 0) is 53.2 Å². The number of tetrazole rings is 1. The molecular formula is C19H17N7O4S. The highest BCUT2D eigenvalue weighted by Gasteiger charge is 2.32. The van der Waals surface area contributed by atoms with E-state index in [1.165, 1.54) is 17.3 Å². The predicted molar refractivity (Wildman–Crippen MR) is 109 cm³/mol. The van der Waals surface area contributed by atoms with Crippen molar-refractivity contribution in [2.24, 2.45) is 0 Å². The van der Waals surface area contributed by atoms with Crippen molar-refractivity contribution in [3.8, 4) is 17.1 Å². The van der Waals surface area contributed by atoms with Crippen molar-refractivity contribution in [2.75, 3.05) is 16.8 Å². The smallest absolute Gasteiger partial charge is 0.276 e. The topological polar surface area (TPSA) is 138 Å². The fourth-order valence-electron chi connectivity index (χ4n) is 3.53. The molecule has 0 radical (unpaired) electrons. The van der Waals surface area contributed by atoms with E-state index >= 15 is 0 Å². The molecule has 12 heteroatoms. The molecule has 0 saturated carbocycles. The Balaban J connectivity index is 1.41. The van der Waals surface area contributed by atoms with Gasteiger partial charge >= 0.3 is 0 Å². The third-order valence-electron chi connectivity index (χ3n) is 5.03. The molecule has 1 amide bonds. The number of amides is 1. The maximum absolute atomic E-state index is 12.8. The first-order valence-electron chi connectivity index (χ1n) is 9.47. The van der Waals surface area contributed by atoms with E-state index in [9.17, 15) is 13.2 Å². The number of carbonyl (C=O) groups is 1. The number of hydrogen-bond donors (Lipinski definition) is 1. The van der Waals surface area contributed by atoms with Crippen LogP contribution >= 0.6 is 0 Å². The summed E-state index contributed by atoms with van der Waals surface area (Å²) < 4.78 is 32.4. The van der Waals surface area contributed by atoms with Crippen molar-refractivity contribution in [1.29, 1.82) is 0 Å². The zero-order valence-electron chi connectivity index (χ0n) is 16.1. The number of rotatable bonds is 5. The molecule has 11 nitrogen and oxygen atoms in total. The summed E-state index contributed by atoms with van der Waals surface area (Å²) in [6.07, 6.45) is 3.43. The second-order valence-corrected chi connectivity index (χ2v) is 9.38. The first kappa shape index (κ1) is 19.2. The van der Waals surface area contributed by atoms with Gasteiger partial charge in [-0.15, -0.1) is 5.10 Å². The molecule has 1 saturated heterocycles. The molecule has 0 bridgehead atoms. The Morgan fingerprint density at radius 1 is 1.19 bits per heavy atom. The third-order valence-corrected chi connectivity index (χ3v) is 6.79. The summed E-state index contributed by atoms with van der Waals surface area (Å²) >= 11 is 0. The summed E-state index contributed by atoms with van der Waals surface area (Å²) in [5.41, 5.74) is 2.04. The van der Waals surface area contributed by atoms with Gasteiger partial charge in [0.2, 0.25) is 0 Å². The summed E-state index contributed by atoms with van der Waals surface area (Å²) in [7, 11) is -3.12. The Morgan fingerprint density at radius 3 is 2.68 bits per heavy atom. The largest absolute Gasteiger partial charge is 0.463 e. The summed E-state index contributed by atoms with van der Waals surface area (Å²) in [6.45, 7) is 0. The third kappa shape index (κ3) is 3.84. The van der Waals surface area contributed by atoms with Crippen molar-refractivity contribution in [2.45, 2.75) is 12.5 Å². The predicted octanol–water partition coefficient (Wildman–Crippen LogP) is 1.73. The number of nitrogens with zero attached hydrogens (tertiary/aromatic N) is 6. The zero-order chi connectivity index (χ0) is 21.4. The van der Waals surface area contributed by atoms with Crippen LogP contribution in [0.3, 0.4) is 0 Å². The van der Waals surface area contributed by atoms with Gasteiger partial charge in [0.15, 0.2) is 21.3 Å². The number of sulfone groups is 1. The van der Waals surface area contributed by atoms with Crippen LogP contribution in [0.2, 0.25) is 0 Å². The molecule has 31 heavy (non-hydrogen) atoms. The fraction of sp³-hybridized carbons (Fsp3) is 0.211. The molecule has 1 fully saturated rings. The fourth-order valence-corrected chi connectivity index (χ4v) is 5.22. The van der Waals surface area contributed by atoms with Crippen molar-refractivity contribution in [3.05, 3.63) is 60.7 Å². The quantitative estimate of drug-likeness (QED) is 0.496. The highest BCUT2D eigenvalue weighted by molar-refractivity contribution is 7.91. The van der Waals surface area contributed by atoms with Crippen molar-refractivity contribution in [1.82, 2.24) is 30.0 Å². The van der Waals surface area contributed by atoms with Gasteiger partial charge in [0.05, 0.1) is 29.5 Å². The van der Waals surface area contributed by atoms with E-state index in [1.54, 1.807) is 47.1 Å². The monoisotopic (exact) mass is 439 g/mol. The molecule has 4 heterocycles. The molecule has 0 spiro atoms. The molecule has 1 N–H and O–H groups in total. The van der Waals surface area contributed by atoms with E-state index in [1.807, 2.05) is 0 Å². The molecular weight excluding hydrogens is 422 g/mol. The first-order valence-corrected chi connectivity index (χ1v) is 11.3. The van der Waals surface area contributed by atoms with Crippen LogP contribution in [0.4, 0.5) is 5.69 Å². The highest BCUT2D eigenvalue weighted by Crippen LogP contribution is 2.30. The van der Waals surface area contributed by atoms with Gasteiger partial charge in [-0.1, -0.05) is 0 Å². The maximum Gasteiger partial charge on any atom is 0.276 e. The van der Waals surface area contributed by atoms with Gasteiger partial charge in [-0.25, -0.2) is 13.1 Å². The molecule has 1 atom stereocenters. The van der Waals surface area contributed by atoms with Crippen LogP contribution in [0, 0.1) is 0 Å². The van der Waals surface area contributed by atoms with Gasteiger partial charge in [-0.2, -0.15) is 5.10 Å². The Hall–Kier alpha value is -3.80. The molecule has 5 rings (SSSR count). The molecule has 3 aromatic heterocycles. The van der Waals surface area contributed by atoms with Gasteiger partial charge in [0.25, 0.3) is 5.91 Å². The summed E-state index contributed by atoms with van der Waals surface area (Å²) in [4.78, 5) is 12.8. The van der Waals surface area contributed by atoms with Gasteiger partial charge in [-0.3, -0.25) is 9.48 Å². The van der Waals surface area contributed by atoms with Gasteiger partial charge in [0.1, 0.15) is 12.0 Å². The van der Waals surface area contributed by atoms with E-state index in [2.05, 4.69) is 25.9 Å². The molecule has 1 aliphatic heterocycles. The summed E-state index contributed by atoms with van der Waals surface area (Å²) in [5.74, 6) is 0.191. The lowest BCUT2D eigenvalue weighted by Gasteiger charge is -2.11. The van der Waals surface area contributed by atoms with Gasteiger partial charge < -0.3 is 9.73 Å². The van der Waals surface area contributed by atoms with E-state index in [0.29, 0.717) is 23.6 Å². The average Bonchev–Trinajstić information content (AvgIpc) is 3.53. The molecule has 1 aromatic carbocycles. The lowest BCUT2D eigenvalue weighted by atomic mass is 10.2. The first-order chi connectivity index (χ1) is 15.0. The number of nitrogens with one attached hydrogen (secondary N) is 1. The SMILES string of the molecule is O=C(Nc1ccc(-n2cnnn2)cc1)c1cc(-c2ccco2)n([C@@H]2CCS(=O)(=O)C2)n1. The Morgan fingerprint density at radius 2 is 2.03 bits per heavy atom. The van der Waals surface area contributed by atoms with E-state index < -0.39 is 15.7 Å². The standard InChI is InChI=1S/C19H17N7O4S/c27-19(21-13-3-5-14(6-4-13)25-12-20-23-24-25)16-10-17(18-2-1-8-30-18)26(22-16)15-7-9-31(28,29)11-15/h1-6,8,10,12,15H,7,9,11H2,(H,21,27)/t15-/m1/s1. The van der Waals surface area contributed by atoms with E-state index in [0.717, 1.165) is 5.69 Å². The minimum atomic E-state index is -3.12. The van der Waals surface area contributed by atoms with Crippen LogP contribution in [0.1, 0.15) is 23.0 Å².